The molecule has 1 N–H and O–H groups in total. The highest BCUT2D eigenvalue weighted by Gasteiger charge is 2.26. The third-order valence-electron chi connectivity index (χ3n) is 3.78. The number of rotatable bonds is 2. The van der Waals surface area contributed by atoms with E-state index in [9.17, 15) is 0 Å². The number of para-hydroxylation sites is 1. The topological polar surface area (TPSA) is 29.9 Å². The van der Waals surface area contributed by atoms with Crippen molar-refractivity contribution >= 4 is 5.69 Å². The Bertz CT molecular complexity index is 544. The summed E-state index contributed by atoms with van der Waals surface area (Å²) in [5.41, 5.74) is 3.98. The van der Waals surface area contributed by atoms with Gasteiger partial charge in [-0.25, -0.2) is 0 Å². The van der Waals surface area contributed by atoms with E-state index in [-0.39, 0.29) is 0 Å². The highest BCUT2D eigenvalue weighted by molar-refractivity contribution is 5.55. The van der Waals surface area contributed by atoms with Crippen LogP contribution in [0.25, 0.3) is 0 Å². The molecule has 1 aliphatic heterocycles. The van der Waals surface area contributed by atoms with Crippen LogP contribution < -0.4 is 5.32 Å². The van der Waals surface area contributed by atoms with Crippen molar-refractivity contribution in [2.24, 2.45) is 5.92 Å². The Balaban J connectivity index is 1.90. The maximum atomic E-state index is 4.38. The maximum Gasteiger partial charge on any atom is 0.0573 e. The molecular formula is C15H19N3. The number of hydrogen-bond acceptors (Lipinski definition) is 2. The van der Waals surface area contributed by atoms with E-state index in [1.54, 1.807) is 0 Å². The number of anilines is 1. The van der Waals surface area contributed by atoms with E-state index in [1.165, 1.54) is 16.8 Å². The highest BCUT2D eigenvalue weighted by atomic mass is 15.3. The molecule has 1 aromatic heterocycles. The molecule has 3 heteroatoms. The fourth-order valence-electron chi connectivity index (χ4n) is 2.74. The maximum absolute atomic E-state index is 4.38. The lowest BCUT2D eigenvalue weighted by Gasteiger charge is -2.32. The fraction of sp³-hybridized carbons (Fsp3) is 0.400. The van der Waals surface area contributed by atoms with Gasteiger partial charge in [-0.1, -0.05) is 25.1 Å². The van der Waals surface area contributed by atoms with Gasteiger partial charge in [0.2, 0.25) is 0 Å². The molecule has 94 valence electrons. The lowest BCUT2D eigenvalue weighted by Crippen LogP contribution is -2.25. The normalized spacial score (nSPS) is 22.3. The number of fused-ring (bicyclic) bond motifs is 1. The van der Waals surface area contributed by atoms with Crippen LogP contribution in [0.1, 0.15) is 31.0 Å². The van der Waals surface area contributed by atoms with Crippen LogP contribution in [0.4, 0.5) is 5.69 Å². The molecule has 0 saturated carbocycles. The Kier molecular flexibility index (Phi) is 2.82. The fourth-order valence-corrected chi connectivity index (χ4v) is 2.74. The van der Waals surface area contributed by atoms with Crippen LogP contribution in [-0.2, 0) is 13.0 Å². The minimum absolute atomic E-state index is 0.375. The average molecular weight is 241 g/mol. The Hall–Kier alpha value is -1.77. The van der Waals surface area contributed by atoms with E-state index >= 15 is 0 Å². The molecule has 0 saturated heterocycles. The molecular weight excluding hydrogens is 222 g/mol. The first-order valence-corrected chi connectivity index (χ1v) is 6.64. The first-order chi connectivity index (χ1) is 8.78. The first-order valence-electron chi connectivity index (χ1n) is 6.64. The molecule has 3 rings (SSSR count). The molecule has 1 aromatic carbocycles. The molecule has 0 aliphatic carbocycles. The quantitative estimate of drug-likeness (QED) is 0.874. The van der Waals surface area contributed by atoms with E-state index < -0.39 is 0 Å². The van der Waals surface area contributed by atoms with Gasteiger partial charge in [-0.05, 0) is 30.9 Å². The van der Waals surface area contributed by atoms with Crippen molar-refractivity contribution in [3.8, 4) is 0 Å². The minimum Gasteiger partial charge on any atom is -0.378 e. The van der Waals surface area contributed by atoms with Crippen LogP contribution in [0.15, 0.2) is 36.7 Å². The molecule has 2 heterocycles. The highest BCUT2D eigenvalue weighted by Crippen LogP contribution is 2.36. The predicted octanol–water partition coefficient (Wildman–Crippen LogP) is 3.25. The zero-order valence-electron chi connectivity index (χ0n) is 10.9. The number of nitrogens with zero attached hydrogens (tertiary/aromatic N) is 2. The third kappa shape index (κ3) is 1.90. The molecule has 2 aromatic rings. The molecule has 0 amide bonds. The minimum atomic E-state index is 0.375. The van der Waals surface area contributed by atoms with Gasteiger partial charge in [0.25, 0.3) is 0 Å². The number of aromatic nitrogens is 2. The summed E-state index contributed by atoms with van der Waals surface area (Å²) in [6.07, 6.45) is 5.28. The molecule has 2 atom stereocenters. The summed E-state index contributed by atoms with van der Waals surface area (Å²) in [4.78, 5) is 0. The van der Waals surface area contributed by atoms with Crippen molar-refractivity contribution in [3.63, 3.8) is 0 Å². The van der Waals surface area contributed by atoms with Crippen molar-refractivity contribution in [2.75, 3.05) is 5.32 Å². The van der Waals surface area contributed by atoms with Crippen LogP contribution >= 0.6 is 0 Å². The van der Waals surface area contributed by atoms with Gasteiger partial charge in [-0.15, -0.1) is 0 Å². The van der Waals surface area contributed by atoms with E-state index in [1.807, 2.05) is 10.9 Å². The number of aryl methyl sites for hydroxylation is 1. The van der Waals surface area contributed by atoms with Crippen LogP contribution in [-0.4, -0.2) is 9.78 Å². The Morgan fingerprint density at radius 1 is 1.39 bits per heavy atom. The second-order valence-electron chi connectivity index (χ2n) is 5.09. The van der Waals surface area contributed by atoms with E-state index in [4.69, 9.17) is 0 Å². The second-order valence-corrected chi connectivity index (χ2v) is 5.09. The van der Waals surface area contributed by atoms with Crippen molar-refractivity contribution < 1.29 is 0 Å². The zero-order valence-corrected chi connectivity index (χ0v) is 10.9. The number of hydrogen-bond donors (Lipinski definition) is 1. The molecule has 1 aliphatic rings. The van der Waals surface area contributed by atoms with Gasteiger partial charge in [0.05, 0.1) is 12.2 Å². The van der Waals surface area contributed by atoms with Gasteiger partial charge < -0.3 is 5.32 Å². The summed E-state index contributed by atoms with van der Waals surface area (Å²) in [7, 11) is 0. The lowest BCUT2D eigenvalue weighted by molar-refractivity contribution is 0.478. The van der Waals surface area contributed by atoms with Gasteiger partial charge >= 0.3 is 0 Å². The van der Waals surface area contributed by atoms with Gasteiger partial charge in [0.15, 0.2) is 0 Å². The summed E-state index contributed by atoms with van der Waals surface area (Å²) in [6.45, 7) is 5.35. The van der Waals surface area contributed by atoms with Crippen LogP contribution in [0.3, 0.4) is 0 Å². The van der Waals surface area contributed by atoms with Crippen molar-refractivity contribution in [3.05, 3.63) is 47.8 Å². The van der Waals surface area contributed by atoms with Crippen molar-refractivity contribution in [2.45, 2.75) is 32.9 Å². The van der Waals surface area contributed by atoms with Gasteiger partial charge in [0.1, 0.15) is 0 Å². The number of nitrogens with one attached hydrogen (secondary N) is 1. The summed E-state index contributed by atoms with van der Waals surface area (Å²) in [5.74, 6) is 0.592. The van der Waals surface area contributed by atoms with E-state index in [0.29, 0.717) is 12.0 Å². The lowest BCUT2D eigenvalue weighted by atomic mass is 9.86. The SMILES string of the molecule is CCn1cc(C2Nc3ccccc3CC2C)cn1. The van der Waals surface area contributed by atoms with E-state index in [2.05, 4.69) is 54.7 Å². The van der Waals surface area contributed by atoms with Crippen molar-refractivity contribution in [1.29, 1.82) is 0 Å². The van der Waals surface area contributed by atoms with Gasteiger partial charge in [-0.2, -0.15) is 5.10 Å². The van der Waals surface area contributed by atoms with Gasteiger partial charge in [0, 0.05) is 24.0 Å². The largest absolute Gasteiger partial charge is 0.378 e. The Morgan fingerprint density at radius 2 is 2.22 bits per heavy atom. The van der Waals surface area contributed by atoms with Crippen LogP contribution in [0, 0.1) is 5.92 Å². The first kappa shape index (κ1) is 11.3. The van der Waals surface area contributed by atoms with Gasteiger partial charge in [-0.3, -0.25) is 4.68 Å². The predicted molar refractivity (Wildman–Crippen MR) is 73.6 cm³/mol. The molecule has 0 bridgehead atoms. The molecule has 0 fully saturated rings. The van der Waals surface area contributed by atoms with Crippen LogP contribution in [0.2, 0.25) is 0 Å². The second kappa shape index (κ2) is 4.48. The summed E-state index contributed by atoms with van der Waals surface area (Å²) >= 11 is 0. The van der Waals surface area contributed by atoms with Crippen molar-refractivity contribution in [1.82, 2.24) is 9.78 Å². The van der Waals surface area contributed by atoms with E-state index in [0.717, 1.165) is 13.0 Å². The Morgan fingerprint density at radius 3 is 3.00 bits per heavy atom. The smallest absolute Gasteiger partial charge is 0.0573 e. The standard InChI is InChI=1S/C15H19N3/c1-3-18-10-13(9-16-18)15-11(2)8-12-6-4-5-7-14(12)17-15/h4-7,9-11,15,17H,3,8H2,1-2H3. The third-order valence-corrected chi connectivity index (χ3v) is 3.78. The molecule has 2 unspecified atom stereocenters. The summed E-state index contributed by atoms with van der Waals surface area (Å²) < 4.78 is 1.99. The molecule has 0 spiro atoms. The Labute approximate surface area is 108 Å². The molecule has 3 nitrogen and oxygen atoms in total. The number of benzene rings is 1. The molecule has 0 radical (unpaired) electrons. The average Bonchev–Trinajstić information content (AvgIpc) is 2.86. The summed E-state index contributed by atoms with van der Waals surface area (Å²) in [6, 6.07) is 8.96. The summed E-state index contributed by atoms with van der Waals surface area (Å²) in [5, 5.41) is 8.02. The molecule has 18 heavy (non-hydrogen) atoms. The van der Waals surface area contributed by atoms with Crippen LogP contribution in [0.5, 0.6) is 0 Å². The zero-order chi connectivity index (χ0) is 12.5. The monoisotopic (exact) mass is 241 g/mol.